The minimum atomic E-state index is -0.478. The van der Waals surface area contributed by atoms with E-state index in [0.717, 1.165) is 18.6 Å². The van der Waals surface area contributed by atoms with Crippen molar-refractivity contribution in [3.8, 4) is 0 Å². The highest BCUT2D eigenvalue weighted by Gasteiger charge is 2.31. The van der Waals surface area contributed by atoms with Crippen LogP contribution in [0.4, 0.5) is 5.95 Å². The van der Waals surface area contributed by atoms with Gasteiger partial charge >= 0.3 is 11.7 Å². The summed E-state index contributed by atoms with van der Waals surface area (Å²) in [5, 5.41) is 5.82. The van der Waals surface area contributed by atoms with Crippen LogP contribution in [0.3, 0.4) is 0 Å². The van der Waals surface area contributed by atoms with Crippen molar-refractivity contribution in [2.75, 3.05) is 18.7 Å². The zero-order chi connectivity index (χ0) is 19.9. The lowest BCUT2D eigenvalue weighted by Gasteiger charge is -2.28. The number of ether oxygens (including phenoxy) is 1. The predicted molar refractivity (Wildman–Crippen MR) is 101 cm³/mol. The molecule has 0 N–H and O–H groups in total. The van der Waals surface area contributed by atoms with Gasteiger partial charge in [0.25, 0.3) is 5.56 Å². The van der Waals surface area contributed by atoms with E-state index in [9.17, 15) is 14.4 Å². The molecule has 2 aromatic heterocycles. The van der Waals surface area contributed by atoms with E-state index in [-0.39, 0.29) is 23.8 Å². The van der Waals surface area contributed by atoms with Crippen molar-refractivity contribution in [2.45, 2.75) is 46.2 Å². The summed E-state index contributed by atoms with van der Waals surface area (Å²) in [5.41, 5.74) is 0.555. The molecule has 1 atom stereocenters. The van der Waals surface area contributed by atoms with E-state index in [4.69, 9.17) is 4.74 Å². The van der Waals surface area contributed by atoms with Crippen LogP contribution in [-0.2, 0) is 23.1 Å². The molecule has 0 spiro atoms. The zero-order valence-electron chi connectivity index (χ0n) is 16.2. The van der Waals surface area contributed by atoms with E-state index in [0.29, 0.717) is 18.0 Å². The first kappa shape index (κ1) is 18.9. The van der Waals surface area contributed by atoms with Crippen molar-refractivity contribution in [1.29, 1.82) is 0 Å². The standard InChI is InChI=1S/C17H24N6O4/c1-6-7-8-21-15(25)13-14(20(4)17(21)26)18-16-22(9-12(24)27-5)19-10(2)11(3)23(13)16/h11H,6-9H2,1-5H3. The average Bonchev–Trinajstić information content (AvgIpc) is 3.05. The second-order valence-corrected chi connectivity index (χ2v) is 6.66. The van der Waals surface area contributed by atoms with E-state index in [1.165, 1.54) is 21.3 Å². The van der Waals surface area contributed by atoms with Gasteiger partial charge < -0.3 is 4.74 Å². The number of anilines is 1. The predicted octanol–water partition coefficient (Wildman–Crippen LogP) is 0.627. The van der Waals surface area contributed by atoms with Gasteiger partial charge in [0, 0.05) is 13.6 Å². The minimum absolute atomic E-state index is 0.137. The molecule has 0 radical (unpaired) electrons. The van der Waals surface area contributed by atoms with Crippen molar-refractivity contribution >= 4 is 28.8 Å². The van der Waals surface area contributed by atoms with Crippen molar-refractivity contribution in [3.63, 3.8) is 0 Å². The summed E-state index contributed by atoms with van der Waals surface area (Å²) in [5.74, 6) is -0.136. The average molecular weight is 376 g/mol. The second kappa shape index (κ2) is 7.01. The van der Waals surface area contributed by atoms with Crippen LogP contribution >= 0.6 is 0 Å². The number of carbonyl (C=O) groups is 1. The highest BCUT2D eigenvalue weighted by Crippen LogP contribution is 2.29. The maximum atomic E-state index is 13.1. The number of unbranched alkanes of at least 4 members (excludes halogenated alkanes) is 1. The molecule has 0 bridgehead atoms. The zero-order valence-corrected chi connectivity index (χ0v) is 16.2. The third kappa shape index (κ3) is 2.94. The molecule has 0 amide bonds. The molecule has 2 aromatic rings. The van der Waals surface area contributed by atoms with Crippen LogP contribution in [0, 0.1) is 0 Å². The van der Waals surface area contributed by atoms with Crippen LogP contribution in [0.1, 0.15) is 39.7 Å². The fourth-order valence-corrected chi connectivity index (χ4v) is 3.19. The number of hydrazone groups is 1. The summed E-state index contributed by atoms with van der Waals surface area (Å²) in [6.45, 7) is 5.94. The lowest BCUT2D eigenvalue weighted by Crippen LogP contribution is -2.40. The number of hydrogen-bond acceptors (Lipinski definition) is 7. The van der Waals surface area contributed by atoms with Crippen LogP contribution in [0.15, 0.2) is 14.7 Å². The number of hydrogen-bond donors (Lipinski definition) is 0. The molecule has 27 heavy (non-hydrogen) atoms. The van der Waals surface area contributed by atoms with E-state index in [1.807, 2.05) is 20.8 Å². The van der Waals surface area contributed by atoms with E-state index >= 15 is 0 Å². The largest absolute Gasteiger partial charge is 0.468 e. The topological polar surface area (TPSA) is 104 Å². The Balaban J connectivity index is 2.30. The fraction of sp³-hybridized carbons (Fsp3) is 0.588. The lowest BCUT2D eigenvalue weighted by molar-refractivity contribution is -0.139. The number of nitrogens with zero attached hydrogens (tertiary/aromatic N) is 6. The Kier molecular flexibility index (Phi) is 4.90. The van der Waals surface area contributed by atoms with Gasteiger partial charge in [0.15, 0.2) is 11.2 Å². The van der Waals surface area contributed by atoms with E-state index < -0.39 is 11.7 Å². The first-order valence-electron chi connectivity index (χ1n) is 8.93. The molecular weight excluding hydrogens is 352 g/mol. The van der Waals surface area contributed by atoms with Gasteiger partial charge in [-0.3, -0.25) is 23.3 Å². The number of aryl methyl sites for hydroxylation is 1. The number of esters is 1. The summed E-state index contributed by atoms with van der Waals surface area (Å²) in [6.07, 6.45) is 1.60. The van der Waals surface area contributed by atoms with Gasteiger partial charge in [0.2, 0.25) is 5.95 Å². The molecule has 0 aliphatic carbocycles. The number of methoxy groups -OCH3 is 1. The molecule has 3 heterocycles. The first-order chi connectivity index (χ1) is 12.8. The number of fused-ring (bicyclic) bond motifs is 3. The number of imidazole rings is 1. The Bertz CT molecular complexity index is 1040. The second-order valence-electron chi connectivity index (χ2n) is 6.66. The highest BCUT2D eigenvalue weighted by molar-refractivity contribution is 5.92. The SMILES string of the molecule is CCCCn1c(=O)c2c(nc3n2C(C)C(C)=NN3CC(=O)OC)n(C)c1=O. The quantitative estimate of drug-likeness (QED) is 0.709. The molecule has 0 saturated carbocycles. The van der Waals surface area contributed by atoms with Crippen LogP contribution < -0.4 is 16.3 Å². The van der Waals surface area contributed by atoms with Crippen molar-refractivity contribution in [3.05, 3.63) is 20.8 Å². The molecule has 0 saturated heterocycles. The van der Waals surface area contributed by atoms with Gasteiger partial charge in [-0.2, -0.15) is 10.1 Å². The molecule has 1 unspecified atom stereocenters. The molecule has 1 aliphatic rings. The number of carbonyl (C=O) groups excluding carboxylic acids is 1. The molecule has 146 valence electrons. The lowest BCUT2D eigenvalue weighted by atomic mass is 10.2. The Morgan fingerprint density at radius 3 is 2.63 bits per heavy atom. The highest BCUT2D eigenvalue weighted by atomic mass is 16.5. The molecule has 10 nitrogen and oxygen atoms in total. The normalized spacial score (nSPS) is 16.4. The summed E-state index contributed by atoms with van der Waals surface area (Å²) in [6, 6.07) is -0.233. The van der Waals surface area contributed by atoms with E-state index in [1.54, 1.807) is 11.6 Å². The van der Waals surface area contributed by atoms with Crippen LogP contribution in [0.5, 0.6) is 0 Å². The van der Waals surface area contributed by atoms with Crippen molar-refractivity contribution in [2.24, 2.45) is 12.1 Å². The van der Waals surface area contributed by atoms with Gasteiger partial charge in [-0.15, -0.1) is 0 Å². The number of rotatable bonds is 5. The molecule has 3 rings (SSSR count). The molecule has 0 fully saturated rings. The van der Waals surface area contributed by atoms with Gasteiger partial charge in [-0.05, 0) is 20.3 Å². The van der Waals surface area contributed by atoms with Crippen molar-refractivity contribution < 1.29 is 9.53 Å². The monoisotopic (exact) mass is 376 g/mol. The summed E-state index contributed by atoms with van der Waals surface area (Å²) in [4.78, 5) is 42.0. The Morgan fingerprint density at radius 1 is 1.30 bits per heavy atom. The molecule has 0 aromatic carbocycles. The Labute approximate surface area is 155 Å². The van der Waals surface area contributed by atoms with Gasteiger partial charge in [-0.1, -0.05) is 13.3 Å². The first-order valence-corrected chi connectivity index (χ1v) is 8.93. The van der Waals surface area contributed by atoms with Crippen LogP contribution in [0.2, 0.25) is 0 Å². The maximum absolute atomic E-state index is 13.1. The summed E-state index contributed by atoms with van der Waals surface area (Å²) >= 11 is 0. The summed E-state index contributed by atoms with van der Waals surface area (Å²) in [7, 11) is 2.89. The third-order valence-corrected chi connectivity index (χ3v) is 4.90. The fourth-order valence-electron chi connectivity index (χ4n) is 3.19. The van der Waals surface area contributed by atoms with Crippen LogP contribution in [0.25, 0.3) is 11.2 Å². The number of aromatic nitrogens is 4. The van der Waals surface area contributed by atoms with Gasteiger partial charge in [0.05, 0.1) is 18.9 Å². The third-order valence-electron chi connectivity index (χ3n) is 4.90. The molecular formula is C17H24N6O4. The van der Waals surface area contributed by atoms with E-state index in [2.05, 4.69) is 10.1 Å². The van der Waals surface area contributed by atoms with Crippen molar-refractivity contribution in [1.82, 2.24) is 18.7 Å². The van der Waals surface area contributed by atoms with Gasteiger partial charge in [0.1, 0.15) is 6.54 Å². The summed E-state index contributed by atoms with van der Waals surface area (Å²) < 4.78 is 9.09. The molecule has 10 heteroatoms. The van der Waals surface area contributed by atoms with Crippen LogP contribution in [-0.4, -0.2) is 44.0 Å². The maximum Gasteiger partial charge on any atom is 0.332 e. The van der Waals surface area contributed by atoms with Gasteiger partial charge in [-0.25, -0.2) is 9.80 Å². The smallest absolute Gasteiger partial charge is 0.332 e. The Morgan fingerprint density at radius 2 is 2.00 bits per heavy atom. The molecule has 1 aliphatic heterocycles. The Hall–Kier alpha value is -2.91. The minimum Gasteiger partial charge on any atom is -0.468 e.